The summed E-state index contributed by atoms with van der Waals surface area (Å²) in [6, 6.07) is 0. The van der Waals surface area contributed by atoms with Crippen molar-refractivity contribution in [2.45, 2.75) is 59.3 Å². The Morgan fingerprint density at radius 1 is 1.07 bits per heavy atom. The standard InChI is InChI=1S/C9H18O2.C3H8O/c1-3-5-6-7-9(10)11-8-4-2;1-2-3-4/h3-8H2,1-2H3;4H,2-3H2,1H3. The number of aliphatic hydroxyl groups excluding tert-OH is 1. The molecular weight excluding hydrogens is 192 g/mol. The van der Waals surface area contributed by atoms with Gasteiger partial charge >= 0.3 is 5.97 Å². The van der Waals surface area contributed by atoms with Gasteiger partial charge in [-0.25, -0.2) is 0 Å². The van der Waals surface area contributed by atoms with Crippen LogP contribution in [0.2, 0.25) is 0 Å². The van der Waals surface area contributed by atoms with Gasteiger partial charge in [-0.1, -0.05) is 33.6 Å². The third-order valence-electron chi connectivity index (χ3n) is 1.68. The highest BCUT2D eigenvalue weighted by atomic mass is 16.5. The van der Waals surface area contributed by atoms with Gasteiger partial charge in [0.05, 0.1) is 6.61 Å². The monoisotopic (exact) mass is 218 g/mol. The highest BCUT2D eigenvalue weighted by Crippen LogP contribution is 2.00. The molecule has 0 aromatic rings. The fraction of sp³-hybridized carbons (Fsp3) is 0.917. The van der Waals surface area contributed by atoms with Crippen LogP contribution in [0.5, 0.6) is 0 Å². The second-order valence-corrected chi connectivity index (χ2v) is 3.40. The fourth-order valence-electron chi connectivity index (χ4n) is 0.807. The molecule has 0 bridgehead atoms. The molecule has 1 N–H and O–H groups in total. The maximum Gasteiger partial charge on any atom is 0.305 e. The molecule has 0 atom stereocenters. The summed E-state index contributed by atoms with van der Waals surface area (Å²) in [5.74, 6) is -0.0414. The molecule has 0 saturated heterocycles. The molecule has 0 radical (unpaired) electrons. The van der Waals surface area contributed by atoms with E-state index in [0.29, 0.717) is 19.6 Å². The smallest absolute Gasteiger partial charge is 0.305 e. The maximum absolute atomic E-state index is 10.9. The second-order valence-electron chi connectivity index (χ2n) is 3.40. The van der Waals surface area contributed by atoms with Crippen LogP contribution in [0.25, 0.3) is 0 Å². The Kier molecular flexibility index (Phi) is 17.8. The van der Waals surface area contributed by atoms with Gasteiger partial charge in [0.25, 0.3) is 0 Å². The summed E-state index contributed by atoms with van der Waals surface area (Å²) >= 11 is 0. The van der Waals surface area contributed by atoms with Crippen molar-refractivity contribution >= 4 is 5.97 Å². The molecular formula is C12H26O3. The van der Waals surface area contributed by atoms with E-state index in [4.69, 9.17) is 9.84 Å². The van der Waals surface area contributed by atoms with E-state index in [1.807, 2.05) is 13.8 Å². The molecule has 0 aliphatic heterocycles. The van der Waals surface area contributed by atoms with Crippen molar-refractivity contribution in [3.8, 4) is 0 Å². The highest BCUT2D eigenvalue weighted by molar-refractivity contribution is 5.69. The lowest BCUT2D eigenvalue weighted by Crippen LogP contribution is -2.04. The van der Waals surface area contributed by atoms with Crippen LogP contribution >= 0.6 is 0 Å². The minimum absolute atomic E-state index is 0.0414. The van der Waals surface area contributed by atoms with E-state index < -0.39 is 0 Å². The van der Waals surface area contributed by atoms with E-state index in [-0.39, 0.29) is 5.97 Å². The van der Waals surface area contributed by atoms with Gasteiger partial charge in [-0.2, -0.15) is 0 Å². The first-order valence-corrected chi connectivity index (χ1v) is 5.99. The van der Waals surface area contributed by atoms with Crippen LogP contribution in [0.1, 0.15) is 59.3 Å². The summed E-state index contributed by atoms with van der Waals surface area (Å²) in [4.78, 5) is 10.9. The lowest BCUT2D eigenvalue weighted by Gasteiger charge is -2.01. The van der Waals surface area contributed by atoms with Crippen molar-refractivity contribution in [2.75, 3.05) is 13.2 Å². The zero-order valence-corrected chi connectivity index (χ0v) is 10.4. The minimum Gasteiger partial charge on any atom is -0.466 e. The quantitative estimate of drug-likeness (QED) is 0.528. The maximum atomic E-state index is 10.9. The molecule has 0 aliphatic carbocycles. The first-order valence-electron chi connectivity index (χ1n) is 5.99. The Labute approximate surface area is 93.8 Å². The van der Waals surface area contributed by atoms with E-state index in [9.17, 15) is 4.79 Å². The third kappa shape index (κ3) is 19.7. The van der Waals surface area contributed by atoms with Gasteiger partial charge in [-0.15, -0.1) is 0 Å². The lowest BCUT2D eigenvalue weighted by atomic mass is 10.2. The van der Waals surface area contributed by atoms with Crippen molar-refractivity contribution in [3.05, 3.63) is 0 Å². The van der Waals surface area contributed by atoms with E-state index in [1.165, 1.54) is 0 Å². The first kappa shape index (κ1) is 16.8. The van der Waals surface area contributed by atoms with Gasteiger partial charge in [-0.3, -0.25) is 4.79 Å². The molecule has 3 heteroatoms. The van der Waals surface area contributed by atoms with Crippen molar-refractivity contribution in [3.63, 3.8) is 0 Å². The average Bonchev–Trinajstić information content (AvgIpc) is 2.27. The Balaban J connectivity index is 0. The molecule has 3 nitrogen and oxygen atoms in total. The molecule has 0 heterocycles. The average molecular weight is 218 g/mol. The van der Waals surface area contributed by atoms with Crippen LogP contribution < -0.4 is 0 Å². The number of hydrogen-bond acceptors (Lipinski definition) is 3. The number of rotatable bonds is 7. The van der Waals surface area contributed by atoms with Crippen molar-refractivity contribution in [1.82, 2.24) is 0 Å². The predicted molar refractivity (Wildman–Crippen MR) is 62.8 cm³/mol. The molecule has 0 aliphatic rings. The molecule has 92 valence electrons. The van der Waals surface area contributed by atoms with E-state index in [2.05, 4.69) is 6.92 Å². The molecule has 0 spiro atoms. The number of esters is 1. The number of carbonyl (C=O) groups is 1. The second kappa shape index (κ2) is 15.9. The van der Waals surface area contributed by atoms with E-state index in [0.717, 1.165) is 32.1 Å². The lowest BCUT2D eigenvalue weighted by molar-refractivity contribution is -0.143. The predicted octanol–water partition coefficient (Wildman–Crippen LogP) is 2.91. The minimum atomic E-state index is -0.0414. The zero-order chi connectivity index (χ0) is 11.9. The normalized spacial score (nSPS) is 9.07. The summed E-state index contributed by atoms with van der Waals surface area (Å²) in [6.45, 7) is 6.95. The van der Waals surface area contributed by atoms with E-state index >= 15 is 0 Å². The van der Waals surface area contributed by atoms with Crippen LogP contribution in [0, 0.1) is 0 Å². The van der Waals surface area contributed by atoms with Crippen molar-refractivity contribution < 1.29 is 14.6 Å². The first-order chi connectivity index (χ1) is 7.22. The van der Waals surface area contributed by atoms with Crippen LogP contribution in [0.3, 0.4) is 0 Å². The van der Waals surface area contributed by atoms with Gasteiger partial charge < -0.3 is 9.84 Å². The van der Waals surface area contributed by atoms with Crippen LogP contribution in [0.4, 0.5) is 0 Å². The molecule has 0 unspecified atom stereocenters. The topological polar surface area (TPSA) is 46.5 Å². The van der Waals surface area contributed by atoms with Crippen molar-refractivity contribution in [2.24, 2.45) is 0 Å². The molecule has 0 saturated carbocycles. The molecule has 15 heavy (non-hydrogen) atoms. The molecule has 0 aromatic carbocycles. The number of hydrogen-bond donors (Lipinski definition) is 1. The molecule has 0 amide bonds. The molecule has 0 aromatic heterocycles. The van der Waals surface area contributed by atoms with Crippen molar-refractivity contribution in [1.29, 1.82) is 0 Å². The highest BCUT2D eigenvalue weighted by Gasteiger charge is 1.99. The SMILES string of the molecule is CCCCCC(=O)OCCC.CCCO. The summed E-state index contributed by atoms with van der Waals surface area (Å²) in [6.07, 6.45) is 5.63. The fourth-order valence-corrected chi connectivity index (χ4v) is 0.807. The number of carbonyl (C=O) groups excluding carboxylic acids is 1. The Bertz CT molecular complexity index is 122. The zero-order valence-electron chi connectivity index (χ0n) is 10.4. The van der Waals surface area contributed by atoms with Crippen LogP contribution in [-0.2, 0) is 9.53 Å². The third-order valence-corrected chi connectivity index (χ3v) is 1.68. The van der Waals surface area contributed by atoms with E-state index in [1.54, 1.807) is 0 Å². The Hall–Kier alpha value is -0.570. The summed E-state index contributed by atoms with van der Waals surface area (Å²) in [7, 11) is 0. The van der Waals surface area contributed by atoms with Crippen LogP contribution in [-0.4, -0.2) is 24.3 Å². The van der Waals surface area contributed by atoms with Gasteiger partial charge in [0.1, 0.15) is 0 Å². The van der Waals surface area contributed by atoms with Gasteiger partial charge in [0.2, 0.25) is 0 Å². The summed E-state index contributed by atoms with van der Waals surface area (Å²) in [5, 5.41) is 7.88. The largest absolute Gasteiger partial charge is 0.466 e. The van der Waals surface area contributed by atoms with Gasteiger partial charge in [0.15, 0.2) is 0 Å². The summed E-state index contributed by atoms with van der Waals surface area (Å²) in [5.41, 5.74) is 0. The summed E-state index contributed by atoms with van der Waals surface area (Å²) < 4.78 is 4.90. The molecule has 0 fully saturated rings. The Morgan fingerprint density at radius 2 is 1.67 bits per heavy atom. The number of aliphatic hydroxyl groups is 1. The van der Waals surface area contributed by atoms with Crippen LogP contribution in [0.15, 0.2) is 0 Å². The van der Waals surface area contributed by atoms with Gasteiger partial charge in [0, 0.05) is 13.0 Å². The molecule has 0 rings (SSSR count). The van der Waals surface area contributed by atoms with Gasteiger partial charge in [-0.05, 0) is 19.3 Å². The number of unbranched alkanes of at least 4 members (excludes halogenated alkanes) is 2. The number of ether oxygens (including phenoxy) is 1. The Morgan fingerprint density at radius 3 is 2.07 bits per heavy atom.